The highest BCUT2D eigenvalue weighted by molar-refractivity contribution is 6.08. The van der Waals surface area contributed by atoms with Crippen LogP contribution in [0.4, 0.5) is 5.69 Å². The van der Waals surface area contributed by atoms with Crippen LogP contribution in [0.2, 0.25) is 0 Å². The van der Waals surface area contributed by atoms with E-state index in [1.165, 1.54) is 39.5 Å². The van der Waals surface area contributed by atoms with Gasteiger partial charge in [-0.1, -0.05) is 12.1 Å². The third-order valence-corrected chi connectivity index (χ3v) is 4.83. The number of non-ortho nitro benzene ring substituents is 1. The van der Waals surface area contributed by atoms with Crippen LogP contribution in [0.1, 0.15) is 21.5 Å². The summed E-state index contributed by atoms with van der Waals surface area (Å²) in [5.74, 6) is 1.78. The van der Waals surface area contributed by atoms with E-state index in [1.807, 2.05) is 0 Å². The zero-order valence-corrected chi connectivity index (χ0v) is 18.4. The molecule has 0 saturated carbocycles. The SMILES string of the molecule is COc1ccc(OC)c(C(=O)/C=C/c2ccc(OCc3ccc([N+](=O)[O-])cc3)c(OC)c2)c1. The van der Waals surface area contributed by atoms with Crippen molar-refractivity contribution in [2.45, 2.75) is 6.61 Å². The van der Waals surface area contributed by atoms with E-state index in [0.29, 0.717) is 28.6 Å². The lowest BCUT2D eigenvalue weighted by molar-refractivity contribution is -0.384. The highest BCUT2D eigenvalue weighted by Gasteiger charge is 2.12. The van der Waals surface area contributed by atoms with Crippen LogP contribution in [-0.4, -0.2) is 32.0 Å². The Kier molecular flexibility index (Phi) is 7.64. The number of hydrogen-bond donors (Lipinski definition) is 0. The Labute approximate surface area is 191 Å². The number of allylic oxidation sites excluding steroid dienone is 1. The molecule has 0 bridgehead atoms. The van der Waals surface area contributed by atoms with Gasteiger partial charge < -0.3 is 18.9 Å². The minimum Gasteiger partial charge on any atom is -0.497 e. The van der Waals surface area contributed by atoms with E-state index in [4.69, 9.17) is 18.9 Å². The molecule has 0 unspecified atom stereocenters. The second-order valence-electron chi connectivity index (χ2n) is 6.89. The summed E-state index contributed by atoms with van der Waals surface area (Å²) in [5.41, 5.74) is 1.94. The summed E-state index contributed by atoms with van der Waals surface area (Å²) in [5, 5.41) is 10.8. The third kappa shape index (κ3) is 5.88. The molecule has 8 nitrogen and oxygen atoms in total. The predicted octanol–water partition coefficient (Wildman–Crippen LogP) is 5.10. The molecule has 0 atom stereocenters. The quantitative estimate of drug-likeness (QED) is 0.184. The highest BCUT2D eigenvalue weighted by Crippen LogP contribution is 2.30. The second-order valence-corrected chi connectivity index (χ2v) is 6.89. The normalized spacial score (nSPS) is 10.6. The standard InChI is InChI=1S/C25H23NO7/c1-30-20-10-13-23(31-2)21(15-20)22(27)11-6-17-7-12-24(25(14-17)32-3)33-16-18-4-8-19(9-5-18)26(28)29/h4-15H,16H2,1-3H3/b11-6+. The number of carbonyl (C=O) groups excluding carboxylic acids is 1. The van der Waals surface area contributed by atoms with Crippen molar-refractivity contribution in [3.05, 3.63) is 93.5 Å². The molecule has 170 valence electrons. The Balaban J connectivity index is 1.72. The van der Waals surface area contributed by atoms with Crippen LogP contribution < -0.4 is 18.9 Å². The summed E-state index contributed by atoms with van der Waals surface area (Å²) in [4.78, 5) is 23.0. The maximum atomic E-state index is 12.7. The van der Waals surface area contributed by atoms with Gasteiger partial charge in [-0.25, -0.2) is 0 Å². The zero-order chi connectivity index (χ0) is 23.8. The molecule has 33 heavy (non-hydrogen) atoms. The molecule has 0 heterocycles. The van der Waals surface area contributed by atoms with Crippen LogP contribution in [0.15, 0.2) is 66.7 Å². The van der Waals surface area contributed by atoms with Crippen LogP contribution in [-0.2, 0) is 6.61 Å². The summed E-state index contributed by atoms with van der Waals surface area (Å²) in [6.45, 7) is 0.220. The minimum atomic E-state index is -0.449. The van der Waals surface area contributed by atoms with Gasteiger partial charge in [0.15, 0.2) is 17.3 Å². The molecule has 0 aromatic heterocycles. The van der Waals surface area contributed by atoms with E-state index in [0.717, 1.165) is 11.1 Å². The summed E-state index contributed by atoms with van der Waals surface area (Å²) in [6, 6.07) is 16.4. The van der Waals surface area contributed by atoms with Gasteiger partial charge in [0, 0.05) is 12.1 Å². The molecule has 8 heteroatoms. The fourth-order valence-electron chi connectivity index (χ4n) is 3.05. The van der Waals surface area contributed by atoms with Gasteiger partial charge >= 0.3 is 0 Å². The van der Waals surface area contributed by atoms with Crippen molar-refractivity contribution in [3.8, 4) is 23.0 Å². The molecule has 0 saturated heterocycles. The molecule has 0 N–H and O–H groups in total. The van der Waals surface area contributed by atoms with Crippen molar-refractivity contribution in [3.63, 3.8) is 0 Å². The Morgan fingerprint density at radius 1 is 0.879 bits per heavy atom. The molecule has 0 aliphatic carbocycles. The highest BCUT2D eigenvalue weighted by atomic mass is 16.6. The van der Waals surface area contributed by atoms with E-state index in [1.54, 1.807) is 54.6 Å². The van der Waals surface area contributed by atoms with Gasteiger partial charge in [-0.2, -0.15) is 0 Å². The number of hydrogen-bond acceptors (Lipinski definition) is 7. The van der Waals surface area contributed by atoms with Gasteiger partial charge in [0.1, 0.15) is 18.1 Å². The molecule has 0 aliphatic heterocycles. The Morgan fingerprint density at radius 2 is 1.58 bits per heavy atom. The van der Waals surface area contributed by atoms with Crippen molar-refractivity contribution in [1.29, 1.82) is 0 Å². The fraction of sp³-hybridized carbons (Fsp3) is 0.160. The topological polar surface area (TPSA) is 97.1 Å². The third-order valence-electron chi connectivity index (χ3n) is 4.83. The monoisotopic (exact) mass is 449 g/mol. The largest absolute Gasteiger partial charge is 0.497 e. The van der Waals surface area contributed by atoms with Gasteiger partial charge in [-0.05, 0) is 59.7 Å². The Hall–Kier alpha value is -4.33. The van der Waals surface area contributed by atoms with Crippen LogP contribution in [0, 0.1) is 10.1 Å². The predicted molar refractivity (Wildman–Crippen MR) is 123 cm³/mol. The average molecular weight is 449 g/mol. The smallest absolute Gasteiger partial charge is 0.269 e. The molecule has 0 amide bonds. The lowest BCUT2D eigenvalue weighted by Crippen LogP contribution is -2.00. The lowest BCUT2D eigenvalue weighted by Gasteiger charge is -2.11. The molecular weight excluding hydrogens is 426 g/mol. The average Bonchev–Trinajstić information content (AvgIpc) is 2.85. The number of nitro benzene ring substituents is 1. The van der Waals surface area contributed by atoms with Crippen LogP contribution in [0.3, 0.4) is 0 Å². The van der Waals surface area contributed by atoms with Crippen LogP contribution in [0.25, 0.3) is 6.08 Å². The molecule has 0 spiro atoms. The van der Waals surface area contributed by atoms with Gasteiger partial charge in [0.25, 0.3) is 5.69 Å². The molecule has 3 aromatic carbocycles. The number of nitro groups is 1. The number of carbonyl (C=O) groups is 1. The summed E-state index contributed by atoms with van der Waals surface area (Å²) in [7, 11) is 4.56. The maximum Gasteiger partial charge on any atom is 0.269 e. The fourth-order valence-corrected chi connectivity index (χ4v) is 3.05. The first-order chi connectivity index (χ1) is 15.9. The van der Waals surface area contributed by atoms with Crippen molar-refractivity contribution in [2.75, 3.05) is 21.3 Å². The molecule has 0 fully saturated rings. The van der Waals surface area contributed by atoms with Crippen molar-refractivity contribution >= 4 is 17.5 Å². The first-order valence-electron chi connectivity index (χ1n) is 9.93. The number of ketones is 1. The first-order valence-corrected chi connectivity index (χ1v) is 9.93. The lowest BCUT2D eigenvalue weighted by atomic mass is 10.1. The molecular formula is C25H23NO7. The summed E-state index contributed by atoms with van der Waals surface area (Å²) < 4.78 is 21.7. The van der Waals surface area contributed by atoms with Gasteiger partial charge in [-0.15, -0.1) is 0 Å². The van der Waals surface area contributed by atoms with Gasteiger partial charge in [0.2, 0.25) is 0 Å². The van der Waals surface area contributed by atoms with Gasteiger partial charge in [0.05, 0.1) is 31.8 Å². The first kappa shape index (κ1) is 23.3. The summed E-state index contributed by atoms with van der Waals surface area (Å²) in [6.07, 6.45) is 3.12. The second kappa shape index (κ2) is 10.8. The van der Waals surface area contributed by atoms with Crippen molar-refractivity contribution in [1.82, 2.24) is 0 Å². The maximum absolute atomic E-state index is 12.7. The molecule has 3 aromatic rings. The Bertz CT molecular complexity index is 1170. The van der Waals surface area contributed by atoms with E-state index in [-0.39, 0.29) is 18.1 Å². The van der Waals surface area contributed by atoms with Crippen molar-refractivity contribution < 1.29 is 28.7 Å². The zero-order valence-electron chi connectivity index (χ0n) is 18.4. The Morgan fingerprint density at radius 3 is 2.21 bits per heavy atom. The minimum absolute atomic E-state index is 0.0218. The van der Waals surface area contributed by atoms with E-state index in [9.17, 15) is 14.9 Å². The number of ether oxygens (including phenoxy) is 4. The number of rotatable bonds is 10. The number of methoxy groups -OCH3 is 3. The van der Waals surface area contributed by atoms with E-state index in [2.05, 4.69) is 0 Å². The van der Waals surface area contributed by atoms with Crippen LogP contribution in [0.5, 0.6) is 23.0 Å². The van der Waals surface area contributed by atoms with Crippen LogP contribution >= 0.6 is 0 Å². The number of nitrogens with zero attached hydrogens (tertiary/aromatic N) is 1. The molecule has 0 aliphatic rings. The molecule has 3 rings (SSSR count). The number of benzene rings is 3. The van der Waals surface area contributed by atoms with Gasteiger partial charge in [-0.3, -0.25) is 14.9 Å². The van der Waals surface area contributed by atoms with Crippen molar-refractivity contribution in [2.24, 2.45) is 0 Å². The molecule has 0 radical (unpaired) electrons. The van der Waals surface area contributed by atoms with E-state index < -0.39 is 4.92 Å². The summed E-state index contributed by atoms with van der Waals surface area (Å²) >= 11 is 0. The van der Waals surface area contributed by atoms with E-state index >= 15 is 0 Å².